The van der Waals surface area contributed by atoms with Crippen LogP contribution in [0.4, 0.5) is 5.82 Å². The Labute approximate surface area is 107 Å². The summed E-state index contributed by atoms with van der Waals surface area (Å²) in [6, 6.07) is 4.27. The molecule has 18 heavy (non-hydrogen) atoms. The molecule has 2 aromatic heterocycles. The van der Waals surface area contributed by atoms with Gasteiger partial charge in [-0.3, -0.25) is 4.90 Å². The van der Waals surface area contributed by atoms with Crippen LogP contribution in [0.1, 0.15) is 37.9 Å². The van der Waals surface area contributed by atoms with Gasteiger partial charge in [0.15, 0.2) is 5.65 Å². The van der Waals surface area contributed by atoms with E-state index in [1.165, 1.54) is 19.3 Å². The van der Waals surface area contributed by atoms with Crippen LogP contribution < -0.4 is 5.73 Å². The molecule has 0 aromatic carbocycles. The Morgan fingerprint density at radius 3 is 3.11 bits per heavy atom. The molecule has 1 saturated heterocycles. The molecule has 3 heterocycles. The summed E-state index contributed by atoms with van der Waals surface area (Å²) in [4.78, 5) is 6.80. The molecule has 0 amide bonds. The molecule has 2 N–H and O–H groups in total. The summed E-state index contributed by atoms with van der Waals surface area (Å²) in [5, 5.41) is 4.62. The number of anilines is 1. The Balaban J connectivity index is 2.00. The molecule has 96 valence electrons. The standard InChI is InChI=1S/C13H19N5/c1-2-17-8-4-3-5-11(17)10-9-13-15-7-6-12(14)18(13)16-10/h6-7,9,11H,2-5,8,14H2,1H3. The average Bonchev–Trinajstić information content (AvgIpc) is 2.84. The third-order valence-corrected chi connectivity index (χ3v) is 3.77. The van der Waals surface area contributed by atoms with Crippen LogP contribution in [0.3, 0.4) is 0 Å². The van der Waals surface area contributed by atoms with Crippen LogP contribution in [-0.2, 0) is 0 Å². The Bertz CT molecular complexity index is 547. The Morgan fingerprint density at radius 2 is 2.33 bits per heavy atom. The van der Waals surface area contributed by atoms with E-state index in [2.05, 4.69) is 28.0 Å². The van der Waals surface area contributed by atoms with Gasteiger partial charge in [0.1, 0.15) is 5.82 Å². The molecule has 5 nitrogen and oxygen atoms in total. The molecule has 2 aromatic rings. The van der Waals surface area contributed by atoms with Crippen molar-refractivity contribution < 1.29 is 0 Å². The van der Waals surface area contributed by atoms with Crippen LogP contribution in [0.5, 0.6) is 0 Å². The lowest BCUT2D eigenvalue weighted by molar-refractivity contribution is 0.153. The smallest absolute Gasteiger partial charge is 0.157 e. The molecule has 0 radical (unpaired) electrons. The molecular weight excluding hydrogens is 226 g/mol. The van der Waals surface area contributed by atoms with Crippen LogP contribution in [-0.4, -0.2) is 32.6 Å². The monoisotopic (exact) mass is 245 g/mol. The number of fused-ring (bicyclic) bond motifs is 1. The maximum atomic E-state index is 5.91. The predicted octanol–water partition coefficient (Wildman–Crippen LogP) is 1.86. The van der Waals surface area contributed by atoms with Gasteiger partial charge in [0.05, 0.1) is 11.7 Å². The quantitative estimate of drug-likeness (QED) is 0.877. The molecule has 1 aliphatic heterocycles. The van der Waals surface area contributed by atoms with Crippen molar-refractivity contribution >= 4 is 11.5 Å². The van der Waals surface area contributed by atoms with E-state index >= 15 is 0 Å². The molecule has 0 bridgehead atoms. The Kier molecular flexibility index (Phi) is 2.91. The summed E-state index contributed by atoms with van der Waals surface area (Å²) < 4.78 is 1.73. The lowest BCUT2D eigenvalue weighted by atomic mass is 9.99. The fourth-order valence-electron chi connectivity index (χ4n) is 2.80. The van der Waals surface area contributed by atoms with Crippen molar-refractivity contribution in [1.29, 1.82) is 0 Å². The van der Waals surface area contributed by atoms with Gasteiger partial charge in [-0.25, -0.2) is 4.98 Å². The normalized spacial score (nSPS) is 21.5. The molecule has 0 saturated carbocycles. The minimum atomic E-state index is 0.421. The zero-order valence-corrected chi connectivity index (χ0v) is 10.7. The number of piperidine rings is 1. The van der Waals surface area contributed by atoms with Gasteiger partial charge in [0.25, 0.3) is 0 Å². The predicted molar refractivity (Wildman–Crippen MR) is 71.2 cm³/mol. The maximum Gasteiger partial charge on any atom is 0.157 e. The van der Waals surface area contributed by atoms with Crippen molar-refractivity contribution in [3.63, 3.8) is 0 Å². The van der Waals surface area contributed by atoms with E-state index < -0.39 is 0 Å². The van der Waals surface area contributed by atoms with E-state index in [9.17, 15) is 0 Å². The van der Waals surface area contributed by atoms with E-state index in [4.69, 9.17) is 5.73 Å². The molecule has 0 spiro atoms. The Morgan fingerprint density at radius 1 is 1.44 bits per heavy atom. The number of nitrogens with two attached hydrogens (primary N) is 1. The fourth-order valence-corrected chi connectivity index (χ4v) is 2.80. The van der Waals surface area contributed by atoms with Gasteiger partial charge in [-0.05, 0) is 32.0 Å². The molecule has 1 fully saturated rings. The molecule has 1 unspecified atom stereocenters. The third kappa shape index (κ3) is 1.84. The third-order valence-electron chi connectivity index (χ3n) is 3.77. The minimum absolute atomic E-state index is 0.421. The van der Waals surface area contributed by atoms with Gasteiger partial charge < -0.3 is 5.73 Å². The first-order valence-electron chi connectivity index (χ1n) is 6.64. The van der Waals surface area contributed by atoms with Crippen LogP contribution in [0.15, 0.2) is 18.3 Å². The van der Waals surface area contributed by atoms with Crippen LogP contribution >= 0.6 is 0 Å². The van der Waals surface area contributed by atoms with Gasteiger partial charge in [0.2, 0.25) is 0 Å². The number of likely N-dealkylation sites (tertiary alicyclic amines) is 1. The zero-order chi connectivity index (χ0) is 12.5. The largest absolute Gasteiger partial charge is 0.384 e. The van der Waals surface area contributed by atoms with Crippen molar-refractivity contribution in [3.8, 4) is 0 Å². The maximum absolute atomic E-state index is 5.91. The topological polar surface area (TPSA) is 59.5 Å². The second-order valence-electron chi connectivity index (χ2n) is 4.85. The van der Waals surface area contributed by atoms with E-state index in [-0.39, 0.29) is 0 Å². The first-order chi connectivity index (χ1) is 8.79. The highest BCUT2D eigenvalue weighted by Gasteiger charge is 2.25. The number of nitrogen functional groups attached to an aromatic ring is 1. The van der Waals surface area contributed by atoms with Crippen molar-refractivity contribution in [3.05, 3.63) is 24.0 Å². The highest BCUT2D eigenvalue weighted by molar-refractivity contribution is 5.46. The van der Waals surface area contributed by atoms with E-state index in [0.717, 1.165) is 24.4 Å². The first kappa shape index (κ1) is 11.5. The molecule has 1 aliphatic rings. The van der Waals surface area contributed by atoms with Gasteiger partial charge in [-0.1, -0.05) is 13.3 Å². The molecule has 3 rings (SSSR count). The highest BCUT2D eigenvalue weighted by atomic mass is 15.3. The number of rotatable bonds is 2. The number of aromatic nitrogens is 3. The SMILES string of the molecule is CCN1CCCCC1c1cc2nccc(N)n2n1. The Hall–Kier alpha value is -1.62. The first-order valence-corrected chi connectivity index (χ1v) is 6.64. The summed E-state index contributed by atoms with van der Waals surface area (Å²) in [5.74, 6) is 0.644. The van der Waals surface area contributed by atoms with Gasteiger partial charge >= 0.3 is 0 Å². The van der Waals surface area contributed by atoms with Crippen LogP contribution in [0.25, 0.3) is 5.65 Å². The molecule has 5 heteroatoms. The van der Waals surface area contributed by atoms with Gasteiger partial charge in [-0.15, -0.1) is 0 Å². The number of hydrogen-bond acceptors (Lipinski definition) is 4. The van der Waals surface area contributed by atoms with Crippen molar-refractivity contribution in [1.82, 2.24) is 19.5 Å². The highest BCUT2D eigenvalue weighted by Crippen LogP contribution is 2.30. The van der Waals surface area contributed by atoms with E-state index in [1.54, 1.807) is 16.8 Å². The molecule has 1 atom stereocenters. The summed E-state index contributed by atoms with van der Waals surface area (Å²) >= 11 is 0. The summed E-state index contributed by atoms with van der Waals surface area (Å²) in [6.07, 6.45) is 5.47. The lowest BCUT2D eigenvalue weighted by Gasteiger charge is -2.33. The molecule has 0 aliphatic carbocycles. The van der Waals surface area contributed by atoms with E-state index in [1.807, 2.05) is 0 Å². The van der Waals surface area contributed by atoms with Crippen LogP contribution in [0, 0.1) is 0 Å². The van der Waals surface area contributed by atoms with Crippen molar-refractivity contribution in [2.75, 3.05) is 18.8 Å². The summed E-state index contributed by atoms with van der Waals surface area (Å²) in [7, 11) is 0. The number of hydrogen-bond donors (Lipinski definition) is 1. The minimum Gasteiger partial charge on any atom is -0.384 e. The summed E-state index contributed by atoms with van der Waals surface area (Å²) in [6.45, 7) is 4.44. The average molecular weight is 245 g/mol. The van der Waals surface area contributed by atoms with Crippen molar-refractivity contribution in [2.45, 2.75) is 32.2 Å². The second kappa shape index (κ2) is 4.57. The van der Waals surface area contributed by atoms with E-state index in [0.29, 0.717) is 11.9 Å². The van der Waals surface area contributed by atoms with Gasteiger partial charge in [0, 0.05) is 12.3 Å². The number of nitrogens with zero attached hydrogens (tertiary/aromatic N) is 4. The van der Waals surface area contributed by atoms with Crippen LogP contribution in [0.2, 0.25) is 0 Å². The fraction of sp³-hybridized carbons (Fsp3) is 0.538. The van der Waals surface area contributed by atoms with Crippen molar-refractivity contribution in [2.24, 2.45) is 0 Å². The zero-order valence-electron chi connectivity index (χ0n) is 10.7. The second-order valence-corrected chi connectivity index (χ2v) is 4.85. The van der Waals surface area contributed by atoms with Gasteiger partial charge in [-0.2, -0.15) is 9.61 Å². The lowest BCUT2D eigenvalue weighted by Crippen LogP contribution is -2.33. The molecular formula is C13H19N5. The summed E-state index contributed by atoms with van der Waals surface area (Å²) in [5.41, 5.74) is 7.85.